The summed E-state index contributed by atoms with van der Waals surface area (Å²) in [5.74, 6) is -0.426. The lowest BCUT2D eigenvalue weighted by molar-refractivity contribution is 0.552. The number of halogens is 2. The lowest BCUT2D eigenvalue weighted by atomic mass is 10.1. The van der Waals surface area contributed by atoms with Gasteiger partial charge in [-0.2, -0.15) is 0 Å². The Morgan fingerprint density at radius 2 is 1.84 bits per heavy atom. The highest BCUT2D eigenvalue weighted by Crippen LogP contribution is 2.27. The molecule has 1 saturated carbocycles. The Labute approximate surface area is 118 Å². The minimum atomic E-state index is -3.66. The van der Waals surface area contributed by atoms with Gasteiger partial charge in [0.15, 0.2) is 0 Å². The molecule has 2 unspecified atom stereocenters. The zero-order chi connectivity index (χ0) is 14.2. The third kappa shape index (κ3) is 3.09. The van der Waals surface area contributed by atoms with E-state index in [0.29, 0.717) is 11.1 Å². The Kier molecular flexibility index (Phi) is 4.18. The Morgan fingerprint density at radius 3 is 2.32 bits per heavy atom. The summed E-state index contributed by atoms with van der Waals surface area (Å²) in [4.78, 5) is 0.157. The molecule has 1 N–H and O–H groups in total. The standard InChI is InChI=1S/C13H17ClFNO2S/c1-8-6-10(15)7-9(2)13(8)19(17,18)16-12-5-3-4-11(12)14/h6-7,11-12,16H,3-5H2,1-2H3. The van der Waals surface area contributed by atoms with Gasteiger partial charge in [-0.3, -0.25) is 0 Å². The van der Waals surface area contributed by atoms with E-state index in [9.17, 15) is 12.8 Å². The first-order chi connectivity index (χ1) is 8.81. The molecule has 6 heteroatoms. The van der Waals surface area contributed by atoms with E-state index in [0.717, 1.165) is 19.3 Å². The molecule has 0 amide bonds. The van der Waals surface area contributed by atoms with Crippen molar-refractivity contribution in [1.82, 2.24) is 4.72 Å². The van der Waals surface area contributed by atoms with Gasteiger partial charge in [-0.15, -0.1) is 11.6 Å². The van der Waals surface area contributed by atoms with Gasteiger partial charge in [0.2, 0.25) is 10.0 Å². The van der Waals surface area contributed by atoms with Gasteiger partial charge in [0.05, 0.1) is 4.90 Å². The second-order valence-corrected chi connectivity index (χ2v) is 7.25. The van der Waals surface area contributed by atoms with E-state index in [1.54, 1.807) is 13.8 Å². The van der Waals surface area contributed by atoms with Crippen molar-refractivity contribution in [3.63, 3.8) is 0 Å². The second-order valence-electron chi connectivity index (χ2n) is 5.04. The molecule has 1 aromatic carbocycles. The van der Waals surface area contributed by atoms with Gasteiger partial charge in [0, 0.05) is 11.4 Å². The molecule has 1 aromatic rings. The molecule has 0 heterocycles. The van der Waals surface area contributed by atoms with Gasteiger partial charge in [-0.1, -0.05) is 6.42 Å². The molecular formula is C13H17ClFNO2S. The summed E-state index contributed by atoms with van der Waals surface area (Å²) in [7, 11) is -3.66. The van der Waals surface area contributed by atoms with Crippen molar-refractivity contribution >= 4 is 21.6 Å². The molecule has 0 saturated heterocycles. The van der Waals surface area contributed by atoms with Crippen LogP contribution in [0.1, 0.15) is 30.4 Å². The zero-order valence-electron chi connectivity index (χ0n) is 10.9. The molecule has 106 valence electrons. The summed E-state index contributed by atoms with van der Waals surface area (Å²) in [5, 5.41) is -0.171. The molecule has 1 aliphatic rings. The van der Waals surface area contributed by atoms with Gasteiger partial charge in [-0.05, 0) is 49.9 Å². The monoisotopic (exact) mass is 305 g/mol. The van der Waals surface area contributed by atoms with Crippen LogP contribution in [0.25, 0.3) is 0 Å². The molecule has 0 aliphatic heterocycles. The first-order valence-electron chi connectivity index (χ1n) is 6.24. The van der Waals surface area contributed by atoms with Crippen LogP contribution in [0.2, 0.25) is 0 Å². The van der Waals surface area contributed by atoms with Crippen molar-refractivity contribution in [3.05, 3.63) is 29.1 Å². The largest absolute Gasteiger partial charge is 0.241 e. The number of hydrogen-bond acceptors (Lipinski definition) is 2. The van der Waals surface area contributed by atoms with E-state index in [1.807, 2.05) is 0 Å². The first kappa shape index (κ1) is 14.8. The Bertz CT molecular complexity index is 565. The third-order valence-corrected chi connectivity index (χ3v) is 5.75. The molecule has 2 rings (SSSR count). The molecule has 3 nitrogen and oxygen atoms in total. The number of alkyl halides is 1. The average molecular weight is 306 g/mol. The number of sulfonamides is 1. The fourth-order valence-corrected chi connectivity index (χ4v) is 4.81. The highest BCUT2D eigenvalue weighted by Gasteiger charge is 2.31. The topological polar surface area (TPSA) is 46.2 Å². The minimum absolute atomic E-state index is 0.157. The fraction of sp³-hybridized carbons (Fsp3) is 0.538. The summed E-state index contributed by atoms with van der Waals surface area (Å²) >= 11 is 6.09. The highest BCUT2D eigenvalue weighted by atomic mass is 35.5. The second kappa shape index (κ2) is 5.38. The number of hydrogen-bond donors (Lipinski definition) is 1. The van der Waals surface area contributed by atoms with Gasteiger partial charge in [0.1, 0.15) is 5.82 Å². The molecule has 2 atom stereocenters. The average Bonchev–Trinajstić information content (AvgIpc) is 2.61. The number of rotatable bonds is 3. The molecule has 1 aliphatic carbocycles. The van der Waals surface area contributed by atoms with Crippen molar-refractivity contribution in [2.45, 2.75) is 49.4 Å². The van der Waals surface area contributed by atoms with Crippen LogP contribution in [0, 0.1) is 19.7 Å². The molecule has 0 radical (unpaired) electrons. The summed E-state index contributed by atoms with van der Waals surface area (Å²) in [5.41, 5.74) is 0.822. The van der Waals surface area contributed by atoms with Crippen LogP contribution in [0.4, 0.5) is 4.39 Å². The Balaban J connectivity index is 2.34. The molecule has 19 heavy (non-hydrogen) atoms. The van der Waals surface area contributed by atoms with Crippen molar-refractivity contribution in [3.8, 4) is 0 Å². The fourth-order valence-electron chi connectivity index (χ4n) is 2.63. The van der Waals surface area contributed by atoms with Crippen LogP contribution in [0.15, 0.2) is 17.0 Å². The summed E-state index contributed by atoms with van der Waals surface area (Å²) < 4.78 is 40.7. The zero-order valence-corrected chi connectivity index (χ0v) is 12.5. The lowest BCUT2D eigenvalue weighted by Crippen LogP contribution is -2.38. The maximum Gasteiger partial charge on any atom is 0.241 e. The van der Waals surface area contributed by atoms with Crippen LogP contribution < -0.4 is 4.72 Å². The van der Waals surface area contributed by atoms with Crippen molar-refractivity contribution in [1.29, 1.82) is 0 Å². The van der Waals surface area contributed by atoms with Crippen molar-refractivity contribution < 1.29 is 12.8 Å². The quantitative estimate of drug-likeness (QED) is 0.873. The third-order valence-electron chi connectivity index (χ3n) is 3.43. The van der Waals surface area contributed by atoms with E-state index in [-0.39, 0.29) is 16.3 Å². The van der Waals surface area contributed by atoms with E-state index >= 15 is 0 Å². The predicted octanol–water partition coefficient (Wildman–Crippen LogP) is 2.88. The van der Waals surface area contributed by atoms with E-state index in [2.05, 4.69) is 4.72 Å². The van der Waals surface area contributed by atoms with Gasteiger partial charge in [0.25, 0.3) is 0 Å². The van der Waals surface area contributed by atoms with Crippen molar-refractivity contribution in [2.75, 3.05) is 0 Å². The number of benzene rings is 1. The minimum Gasteiger partial charge on any atom is -0.207 e. The maximum atomic E-state index is 13.2. The lowest BCUT2D eigenvalue weighted by Gasteiger charge is -2.18. The number of nitrogens with one attached hydrogen (secondary N) is 1. The molecule has 1 fully saturated rings. The van der Waals surface area contributed by atoms with Crippen molar-refractivity contribution in [2.24, 2.45) is 0 Å². The summed E-state index contributed by atoms with van der Waals surface area (Å²) in [6.07, 6.45) is 2.48. The molecular weight excluding hydrogens is 289 g/mol. The van der Waals surface area contributed by atoms with Crippen LogP contribution in [0.5, 0.6) is 0 Å². The molecule has 0 bridgehead atoms. The molecule has 0 aromatic heterocycles. The van der Waals surface area contributed by atoms with E-state index < -0.39 is 15.8 Å². The smallest absolute Gasteiger partial charge is 0.207 e. The number of aryl methyl sites for hydroxylation is 2. The van der Waals surface area contributed by atoms with Crippen LogP contribution >= 0.6 is 11.6 Å². The summed E-state index contributed by atoms with van der Waals surface area (Å²) in [6.45, 7) is 3.19. The SMILES string of the molecule is Cc1cc(F)cc(C)c1S(=O)(=O)NC1CCCC1Cl. The molecule has 0 spiro atoms. The Hall–Kier alpha value is -0.650. The van der Waals surface area contributed by atoms with Crippen LogP contribution in [-0.2, 0) is 10.0 Å². The van der Waals surface area contributed by atoms with Gasteiger partial charge in [-0.25, -0.2) is 17.5 Å². The van der Waals surface area contributed by atoms with E-state index in [1.165, 1.54) is 12.1 Å². The van der Waals surface area contributed by atoms with Gasteiger partial charge >= 0.3 is 0 Å². The van der Waals surface area contributed by atoms with Gasteiger partial charge < -0.3 is 0 Å². The van der Waals surface area contributed by atoms with Crippen LogP contribution in [-0.4, -0.2) is 19.8 Å². The van der Waals surface area contributed by atoms with E-state index in [4.69, 9.17) is 11.6 Å². The normalized spacial score (nSPS) is 23.8. The van der Waals surface area contributed by atoms with Crippen LogP contribution in [0.3, 0.4) is 0 Å². The first-order valence-corrected chi connectivity index (χ1v) is 8.16. The maximum absolute atomic E-state index is 13.2. The highest BCUT2D eigenvalue weighted by molar-refractivity contribution is 7.89. The Morgan fingerprint density at radius 1 is 1.26 bits per heavy atom. The summed E-state index contributed by atoms with van der Waals surface area (Å²) in [6, 6.07) is 2.22. The predicted molar refractivity (Wildman–Crippen MR) is 73.5 cm³/mol.